The van der Waals surface area contributed by atoms with Crippen molar-refractivity contribution in [3.63, 3.8) is 0 Å². The van der Waals surface area contributed by atoms with Crippen molar-refractivity contribution in [3.05, 3.63) is 0 Å². The molecule has 2 heteroatoms. The van der Waals surface area contributed by atoms with Gasteiger partial charge in [-0.25, -0.2) is 0 Å². The molecule has 0 radical (unpaired) electrons. The molecule has 0 atom stereocenters. The van der Waals surface area contributed by atoms with Crippen molar-refractivity contribution in [2.75, 3.05) is 0 Å². The first-order valence-corrected chi connectivity index (χ1v) is 8.87. The van der Waals surface area contributed by atoms with E-state index in [1.807, 2.05) is 0 Å². The second kappa shape index (κ2) is 4.36. The Kier molecular flexibility index (Phi) is 4.80. The molecule has 0 fully saturated rings. The Bertz CT molecular complexity index is 97.0. The molecule has 0 N–H and O–H groups in total. The van der Waals surface area contributed by atoms with E-state index in [0.717, 1.165) is 17.0 Å². The summed E-state index contributed by atoms with van der Waals surface area (Å²) in [6.45, 7) is 14.1. The van der Waals surface area contributed by atoms with Gasteiger partial charge in [0.05, 0.1) is 0 Å². The molecular formula is C9H22PPd. The molecular weight excluding hydrogens is 245 g/mol. The van der Waals surface area contributed by atoms with Crippen molar-refractivity contribution >= 4 is 5.45 Å². The second-order valence-electron chi connectivity index (χ2n) is 4.24. The molecule has 11 heavy (non-hydrogen) atoms. The Hall–Kier alpha value is 1.09. The van der Waals surface area contributed by atoms with Gasteiger partial charge in [-0.2, -0.15) is 0 Å². The van der Waals surface area contributed by atoms with Crippen LogP contribution in [0.25, 0.3) is 0 Å². The van der Waals surface area contributed by atoms with Gasteiger partial charge >= 0.3 is 82.7 Å². The van der Waals surface area contributed by atoms with Crippen LogP contribution >= 0.6 is 5.45 Å². The van der Waals surface area contributed by atoms with E-state index in [4.69, 9.17) is 0 Å². The summed E-state index contributed by atoms with van der Waals surface area (Å²) in [6, 6.07) is 0. The fraction of sp³-hybridized carbons (Fsp3) is 1.00. The molecule has 0 aromatic rings. The molecule has 0 spiro atoms. The van der Waals surface area contributed by atoms with Crippen LogP contribution in [-0.4, -0.2) is 17.0 Å². The zero-order valence-electron chi connectivity index (χ0n) is 8.55. The fourth-order valence-corrected chi connectivity index (χ4v) is 6.00. The second-order valence-corrected chi connectivity index (χ2v) is 13.3. The number of rotatable bonds is 3. The maximum absolute atomic E-state index is 3.72. The summed E-state index contributed by atoms with van der Waals surface area (Å²) in [6.07, 6.45) is 0. The molecule has 0 unspecified atom stereocenters. The first kappa shape index (κ1) is 12.1. The first-order chi connectivity index (χ1) is 4.83. The third kappa shape index (κ3) is 2.52. The van der Waals surface area contributed by atoms with Crippen molar-refractivity contribution in [1.82, 2.24) is 0 Å². The van der Waals surface area contributed by atoms with Gasteiger partial charge in [-0.05, 0) is 0 Å². The zero-order chi connectivity index (χ0) is 9.23. The Morgan fingerprint density at radius 1 is 0.727 bits per heavy atom. The van der Waals surface area contributed by atoms with Crippen molar-refractivity contribution in [1.29, 1.82) is 0 Å². The van der Waals surface area contributed by atoms with Crippen LogP contribution < -0.4 is 0 Å². The molecule has 0 saturated heterocycles. The molecule has 0 bridgehead atoms. The Morgan fingerprint density at radius 3 is 0.909 bits per heavy atom. The fourth-order valence-electron chi connectivity index (χ4n) is 2.00. The van der Waals surface area contributed by atoms with E-state index < -0.39 is 5.45 Å². The van der Waals surface area contributed by atoms with Crippen molar-refractivity contribution in [2.45, 2.75) is 58.5 Å². The first-order valence-electron chi connectivity index (χ1n) is 4.49. The van der Waals surface area contributed by atoms with Gasteiger partial charge < -0.3 is 0 Å². The molecule has 0 aliphatic carbocycles. The van der Waals surface area contributed by atoms with Crippen LogP contribution in [0.2, 0.25) is 0 Å². The van der Waals surface area contributed by atoms with Gasteiger partial charge in [-0.3, -0.25) is 0 Å². The predicted octanol–water partition coefficient (Wildman–Crippen LogP) is 3.42. The van der Waals surface area contributed by atoms with Crippen LogP contribution in [0.15, 0.2) is 0 Å². The summed E-state index contributed by atoms with van der Waals surface area (Å²) < 4.78 is 0. The monoisotopic (exact) mass is 267 g/mol. The molecule has 0 amide bonds. The van der Waals surface area contributed by atoms with Crippen LogP contribution in [0.5, 0.6) is 0 Å². The van der Waals surface area contributed by atoms with Gasteiger partial charge in [-0.1, -0.05) is 0 Å². The number of hydrogen-bond donors (Lipinski definition) is 0. The van der Waals surface area contributed by atoms with E-state index in [-0.39, 0.29) is 0 Å². The van der Waals surface area contributed by atoms with Gasteiger partial charge in [-0.15, -0.1) is 0 Å². The summed E-state index contributed by atoms with van der Waals surface area (Å²) in [5, 5.41) is 0. The predicted molar refractivity (Wildman–Crippen MR) is 53.7 cm³/mol. The average molecular weight is 268 g/mol. The summed E-state index contributed by atoms with van der Waals surface area (Å²) in [7, 11) is 0. The van der Waals surface area contributed by atoms with E-state index in [1.54, 1.807) is 0 Å². The molecule has 0 heterocycles. The van der Waals surface area contributed by atoms with E-state index in [9.17, 15) is 0 Å². The summed E-state index contributed by atoms with van der Waals surface area (Å²) in [5.74, 6) is 0. The third-order valence-corrected chi connectivity index (χ3v) is 15.7. The van der Waals surface area contributed by atoms with Crippen LogP contribution in [0.3, 0.4) is 0 Å². The van der Waals surface area contributed by atoms with Crippen LogP contribution in [-0.2, 0) is 18.7 Å². The van der Waals surface area contributed by atoms with Gasteiger partial charge in [0.15, 0.2) is 0 Å². The van der Waals surface area contributed by atoms with Gasteiger partial charge in [0.1, 0.15) is 0 Å². The standard InChI is InChI=1S/C9H21P.Pd/c1-7(2)10(8(3)4)9(5)6;/h7-9H,1-6H3;/q;-1/p+1. The van der Waals surface area contributed by atoms with Crippen LogP contribution in [0.4, 0.5) is 0 Å². The Labute approximate surface area is 82.8 Å². The number of hydrogen-bond acceptors (Lipinski definition) is 0. The third-order valence-electron chi connectivity index (χ3n) is 2.55. The van der Waals surface area contributed by atoms with E-state index in [0.29, 0.717) is 0 Å². The summed E-state index contributed by atoms with van der Waals surface area (Å²) in [5.41, 5.74) is 1.43. The van der Waals surface area contributed by atoms with Gasteiger partial charge in [0, 0.05) is 0 Å². The SMILES string of the molecule is CC(C)[PH]([Pd])(C(C)C)C(C)C. The average Bonchev–Trinajstić information content (AvgIpc) is 1.84. The molecule has 0 aliphatic heterocycles. The normalized spacial score (nSPS) is 15.2. The molecule has 0 aliphatic rings. The van der Waals surface area contributed by atoms with Gasteiger partial charge in [0.2, 0.25) is 0 Å². The molecule has 0 aromatic heterocycles. The maximum atomic E-state index is 3.72. The summed E-state index contributed by atoms with van der Waals surface area (Å²) in [4.78, 5) is 0. The minimum atomic E-state index is -1.13. The molecule has 0 saturated carbocycles. The van der Waals surface area contributed by atoms with Crippen molar-refractivity contribution < 1.29 is 18.7 Å². The summed E-state index contributed by atoms with van der Waals surface area (Å²) >= 11 is 3.72. The van der Waals surface area contributed by atoms with Gasteiger partial charge in [0.25, 0.3) is 0 Å². The zero-order valence-corrected chi connectivity index (χ0v) is 11.1. The topological polar surface area (TPSA) is 0 Å². The van der Waals surface area contributed by atoms with Crippen LogP contribution in [0.1, 0.15) is 41.5 Å². The molecule has 73 valence electrons. The van der Waals surface area contributed by atoms with Crippen molar-refractivity contribution in [3.8, 4) is 0 Å². The Balaban J connectivity index is 4.53. The van der Waals surface area contributed by atoms with Crippen LogP contribution in [0, 0.1) is 0 Å². The minimum absolute atomic E-state index is 0.852. The van der Waals surface area contributed by atoms with E-state index in [1.165, 1.54) is 0 Å². The Morgan fingerprint density at radius 2 is 0.909 bits per heavy atom. The molecule has 0 aromatic carbocycles. The van der Waals surface area contributed by atoms with E-state index >= 15 is 0 Å². The van der Waals surface area contributed by atoms with Crippen molar-refractivity contribution in [2.24, 2.45) is 0 Å². The van der Waals surface area contributed by atoms with E-state index in [2.05, 4.69) is 60.2 Å². The molecule has 0 nitrogen and oxygen atoms in total. The molecule has 0 rings (SSSR count). The quantitative estimate of drug-likeness (QED) is 0.543.